The minimum absolute atomic E-state index is 0.287. The lowest BCUT2D eigenvalue weighted by Crippen LogP contribution is -2.32. The third kappa shape index (κ3) is 9.06. The molecule has 0 aliphatic heterocycles. The van der Waals surface area contributed by atoms with E-state index in [4.69, 9.17) is 13.9 Å². The Bertz CT molecular complexity index is 317. The summed E-state index contributed by atoms with van der Waals surface area (Å²) in [6.45, 7) is 4.19. The highest BCUT2D eigenvalue weighted by Gasteiger charge is 2.04. The minimum Gasteiger partial charge on any atom is -0.467 e. The van der Waals surface area contributed by atoms with Crippen molar-refractivity contribution in [3.8, 4) is 0 Å². The first-order valence-corrected chi connectivity index (χ1v) is 6.90. The van der Waals surface area contributed by atoms with E-state index < -0.39 is 6.10 Å². The summed E-state index contributed by atoms with van der Waals surface area (Å²) in [5.41, 5.74) is 0. The monoisotopic (exact) mass is 286 g/mol. The molecule has 0 bridgehead atoms. The van der Waals surface area contributed by atoms with Gasteiger partial charge in [0.1, 0.15) is 12.4 Å². The molecule has 0 fully saturated rings. The van der Waals surface area contributed by atoms with Crippen LogP contribution in [0.5, 0.6) is 0 Å². The van der Waals surface area contributed by atoms with E-state index in [-0.39, 0.29) is 6.61 Å². The zero-order valence-corrected chi connectivity index (χ0v) is 12.4. The van der Waals surface area contributed by atoms with E-state index in [1.807, 2.05) is 26.2 Å². The molecule has 0 amide bonds. The van der Waals surface area contributed by atoms with Crippen molar-refractivity contribution in [1.29, 1.82) is 0 Å². The number of hydrogen-bond donors (Lipinski definition) is 2. The van der Waals surface area contributed by atoms with E-state index in [0.717, 1.165) is 25.5 Å². The van der Waals surface area contributed by atoms with Gasteiger partial charge in [0.25, 0.3) is 0 Å². The molecule has 1 atom stereocenters. The van der Waals surface area contributed by atoms with E-state index in [2.05, 4.69) is 10.2 Å². The Labute approximate surface area is 120 Å². The van der Waals surface area contributed by atoms with Crippen LogP contribution in [0.4, 0.5) is 0 Å². The van der Waals surface area contributed by atoms with Crippen LogP contribution in [0.3, 0.4) is 0 Å². The molecule has 20 heavy (non-hydrogen) atoms. The molecule has 0 aliphatic rings. The number of nitrogens with one attached hydrogen (secondary N) is 1. The second-order valence-electron chi connectivity index (χ2n) is 4.87. The molecule has 0 spiro atoms. The van der Waals surface area contributed by atoms with Gasteiger partial charge in [-0.1, -0.05) is 0 Å². The molecule has 0 saturated heterocycles. The summed E-state index contributed by atoms with van der Waals surface area (Å²) in [5.74, 6) is 0.763. The smallest absolute Gasteiger partial charge is 0.129 e. The van der Waals surface area contributed by atoms with Gasteiger partial charge in [-0.25, -0.2) is 0 Å². The molecule has 0 aromatic carbocycles. The van der Waals surface area contributed by atoms with Gasteiger partial charge >= 0.3 is 0 Å². The van der Waals surface area contributed by atoms with Gasteiger partial charge in [0, 0.05) is 19.6 Å². The quantitative estimate of drug-likeness (QED) is 0.540. The fourth-order valence-corrected chi connectivity index (χ4v) is 1.51. The highest BCUT2D eigenvalue weighted by molar-refractivity contribution is 4.96. The van der Waals surface area contributed by atoms with Gasteiger partial charge in [-0.2, -0.15) is 0 Å². The number of aliphatic hydroxyl groups excluding tert-OH is 1. The molecule has 1 unspecified atom stereocenters. The highest BCUT2D eigenvalue weighted by Crippen LogP contribution is 2.01. The van der Waals surface area contributed by atoms with Crippen LogP contribution in [0.25, 0.3) is 0 Å². The molecule has 1 aromatic rings. The van der Waals surface area contributed by atoms with Crippen LogP contribution >= 0.6 is 0 Å². The van der Waals surface area contributed by atoms with Crippen molar-refractivity contribution in [2.75, 3.05) is 53.6 Å². The number of likely N-dealkylation sites (N-methyl/N-ethyl adjacent to an activating group) is 1. The normalized spacial score (nSPS) is 13.0. The van der Waals surface area contributed by atoms with E-state index in [1.54, 1.807) is 6.26 Å². The van der Waals surface area contributed by atoms with Gasteiger partial charge in [0.2, 0.25) is 0 Å². The second kappa shape index (κ2) is 10.8. The van der Waals surface area contributed by atoms with Crippen molar-refractivity contribution in [3.05, 3.63) is 24.2 Å². The van der Waals surface area contributed by atoms with Crippen LogP contribution in [-0.2, 0) is 16.1 Å². The summed E-state index contributed by atoms with van der Waals surface area (Å²) in [7, 11) is 4.03. The molecule has 116 valence electrons. The number of rotatable bonds is 12. The number of hydrogen-bond acceptors (Lipinski definition) is 6. The number of aliphatic hydroxyl groups is 1. The van der Waals surface area contributed by atoms with Gasteiger partial charge in [0.15, 0.2) is 0 Å². The molecule has 1 aromatic heterocycles. The first-order chi connectivity index (χ1) is 9.68. The van der Waals surface area contributed by atoms with Crippen molar-refractivity contribution >= 4 is 0 Å². The van der Waals surface area contributed by atoms with Crippen molar-refractivity contribution in [2.45, 2.75) is 12.7 Å². The first kappa shape index (κ1) is 17.1. The number of ether oxygens (including phenoxy) is 2. The molecular weight excluding hydrogens is 260 g/mol. The Balaban J connectivity index is 1.86. The number of furan rings is 1. The Morgan fingerprint density at radius 1 is 1.35 bits per heavy atom. The summed E-state index contributed by atoms with van der Waals surface area (Å²) < 4.78 is 15.9. The summed E-state index contributed by atoms with van der Waals surface area (Å²) in [6.07, 6.45) is 1.08. The van der Waals surface area contributed by atoms with Crippen LogP contribution < -0.4 is 5.32 Å². The Kier molecular flexibility index (Phi) is 9.27. The fraction of sp³-hybridized carbons (Fsp3) is 0.714. The van der Waals surface area contributed by atoms with Crippen LogP contribution in [-0.4, -0.2) is 69.7 Å². The van der Waals surface area contributed by atoms with Crippen molar-refractivity contribution in [3.63, 3.8) is 0 Å². The Morgan fingerprint density at radius 3 is 2.90 bits per heavy atom. The third-order valence-corrected chi connectivity index (χ3v) is 2.62. The van der Waals surface area contributed by atoms with E-state index in [1.165, 1.54) is 0 Å². The summed E-state index contributed by atoms with van der Waals surface area (Å²) in [4.78, 5) is 2.08. The molecule has 1 rings (SSSR count). The zero-order valence-electron chi connectivity index (χ0n) is 12.4. The Hall–Kier alpha value is -0.920. The molecule has 6 heteroatoms. The molecule has 6 nitrogen and oxygen atoms in total. The lowest BCUT2D eigenvalue weighted by atomic mass is 10.3. The second-order valence-corrected chi connectivity index (χ2v) is 4.87. The lowest BCUT2D eigenvalue weighted by molar-refractivity contribution is 0.0216. The average Bonchev–Trinajstić information content (AvgIpc) is 2.90. The highest BCUT2D eigenvalue weighted by atomic mass is 16.5. The summed E-state index contributed by atoms with van der Waals surface area (Å²) in [6, 6.07) is 3.66. The van der Waals surface area contributed by atoms with Crippen LogP contribution in [0.15, 0.2) is 22.8 Å². The van der Waals surface area contributed by atoms with Gasteiger partial charge in [0.05, 0.1) is 32.2 Å². The molecule has 0 saturated carbocycles. The average molecular weight is 286 g/mol. The van der Waals surface area contributed by atoms with Crippen molar-refractivity contribution < 1.29 is 19.0 Å². The van der Waals surface area contributed by atoms with Gasteiger partial charge in [-0.3, -0.25) is 0 Å². The van der Waals surface area contributed by atoms with Gasteiger partial charge in [-0.15, -0.1) is 0 Å². The molecule has 1 heterocycles. The minimum atomic E-state index is -0.522. The standard InChI is InChI=1S/C14H26N2O4/c1-16(2)6-9-18-8-5-15-10-13(17)11-19-12-14-4-3-7-20-14/h3-4,7,13,15,17H,5-6,8-12H2,1-2H3. The lowest BCUT2D eigenvalue weighted by Gasteiger charge is -2.13. The summed E-state index contributed by atoms with van der Waals surface area (Å²) >= 11 is 0. The molecular formula is C14H26N2O4. The van der Waals surface area contributed by atoms with Gasteiger partial charge in [-0.05, 0) is 26.2 Å². The largest absolute Gasteiger partial charge is 0.467 e. The SMILES string of the molecule is CN(C)CCOCCNCC(O)COCc1ccco1. The van der Waals surface area contributed by atoms with Crippen LogP contribution in [0.1, 0.15) is 5.76 Å². The van der Waals surface area contributed by atoms with E-state index >= 15 is 0 Å². The van der Waals surface area contributed by atoms with E-state index in [9.17, 15) is 5.11 Å². The predicted octanol–water partition coefficient (Wildman–Crippen LogP) is 0.325. The topological polar surface area (TPSA) is 67.1 Å². The van der Waals surface area contributed by atoms with E-state index in [0.29, 0.717) is 19.8 Å². The van der Waals surface area contributed by atoms with Crippen molar-refractivity contribution in [1.82, 2.24) is 10.2 Å². The predicted molar refractivity (Wildman–Crippen MR) is 76.6 cm³/mol. The maximum Gasteiger partial charge on any atom is 0.129 e. The summed E-state index contributed by atoms with van der Waals surface area (Å²) in [5, 5.41) is 12.8. The van der Waals surface area contributed by atoms with Gasteiger partial charge < -0.3 is 29.2 Å². The molecule has 0 aliphatic carbocycles. The maximum absolute atomic E-state index is 9.69. The molecule has 2 N–H and O–H groups in total. The zero-order chi connectivity index (χ0) is 14.6. The van der Waals surface area contributed by atoms with Crippen LogP contribution in [0.2, 0.25) is 0 Å². The third-order valence-electron chi connectivity index (χ3n) is 2.62. The molecule has 0 radical (unpaired) electrons. The number of nitrogens with zero attached hydrogens (tertiary/aromatic N) is 1. The first-order valence-electron chi connectivity index (χ1n) is 6.90. The van der Waals surface area contributed by atoms with Crippen molar-refractivity contribution in [2.24, 2.45) is 0 Å². The Morgan fingerprint density at radius 2 is 2.20 bits per heavy atom. The fourth-order valence-electron chi connectivity index (χ4n) is 1.51. The maximum atomic E-state index is 9.69. The van der Waals surface area contributed by atoms with Crippen LogP contribution in [0, 0.1) is 0 Å².